The Morgan fingerprint density at radius 1 is 1.10 bits per heavy atom. The lowest BCUT2D eigenvalue weighted by Crippen LogP contribution is -2.49. The molecule has 0 atom stereocenters. The van der Waals surface area contributed by atoms with Gasteiger partial charge in [-0.05, 0) is 51.7 Å². The Hall–Kier alpha value is -1.86. The van der Waals surface area contributed by atoms with Crippen LogP contribution in [-0.4, -0.2) is 72.2 Å². The van der Waals surface area contributed by atoms with Crippen LogP contribution in [0.2, 0.25) is 0 Å². The number of carbonyl (C=O) groups is 1. The number of hydrogen-bond acceptors (Lipinski definition) is 5. The van der Waals surface area contributed by atoms with Crippen molar-refractivity contribution in [2.75, 3.05) is 51.5 Å². The van der Waals surface area contributed by atoms with E-state index < -0.39 is 5.60 Å². The van der Waals surface area contributed by atoms with E-state index in [9.17, 15) is 9.18 Å². The van der Waals surface area contributed by atoms with Crippen molar-refractivity contribution in [2.45, 2.75) is 45.8 Å². The lowest BCUT2D eigenvalue weighted by molar-refractivity contribution is 0.0159. The Labute approximate surface area is 173 Å². The van der Waals surface area contributed by atoms with Crippen molar-refractivity contribution < 1.29 is 13.9 Å². The first kappa shape index (κ1) is 21.8. The molecule has 0 spiro atoms. The highest BCUT2D eigenvalue weighted by molar-refractivity contribution is 5.68. The van der Waals surface area contributed by atoms with Crippen LogP contribution in [0.25, 0.3) is 0 Å². The van der Waals surface area contributed by atoms with E-state index >= 15 is 0 Å². The number of halogens is 1. The summed E-state index contributed by atoms with van der Waals surface area (Å²) in [5, 5.41) is 0. The van der Waals surface area contributed by atoms with E-state index in [4.69, 9.17) is 10.5 Å². The predicted octanol–water partition coefficient (Wildman–Crippen LogP) is 3.17. The molecule has 0 aromatic heterocycles. The number of ether oxygens (including phenoxy) is 1. The summed E-state index contributed by atoms with van der Waals surface area (Å²) in [7, 11) is 0. The number of nitrogen functional groups attached to an aromatic ring is 1. The Morgan fingerprint density at radius 2 is 1.72 bits per heavy atom. The predicted molar refractivity (Wildman–Crippen MR) is 113 cm³/mol. The molecule has 1 amide bonds. The highest BCUT2D eigenvalue weighted by atomic mass is 19.1. The first-order valence-electron chi connectivity index (χ1n) is 10.7. The molecule has 2 N–H and O–H groups in total. The molecule has 162 valence electrons. The second-order valence-electron chi connectivity index (χ2n) is 9.34. The summed E-state index contributed by atoms with van der Waals surface area (Å²) in [6.45, 7) is 12.9. The van der Waals surface area contributed by atoms with Gasteiger partial charge in [0.15, 0.2) is 0 Å². The minimum atomic E-state index is -0.442. The topological polar surface area (TPSA) is 62.0 Å². The van der Waals surface area contributed by atoms with E-state index in [1.807, 2.05) is 25.7 Å². The van der Waals surface area contributed by atoms with Crippen molar-refractivity contribution in [1.82, 2.24) is 14.7 Å². The molecule has 7 heteroatoms. The van der Waals surface area contributed by atoms with Gasteiger partial charge >= 0.3 is 6.09 Å². The van der Waals surface area contributed by atoms with E-state index in [-0.39, 0.29) is 11.9 Å². The minimum absolute atomic E-state index is 0.195. The molecule has 2 aliphatic rings. The number of hydrogen-bond donors (Lipinski definition) is 1. The van der Waals surface area contributed by atoms with Crippen LogP contribution in [0.1, 0.15) is 39.2 Å². The maximum Gasteiger partial charge on any atom is 0.410 e. The summed E-state index contributed by atoms with van der Waals surface area (Å²) in [5.74, 6) is 0.402. The Balaban J connectivity index is 1.37. The minimum Gasteiger partial charge on any atom is -0.444 e. The van der Waals surface area contributed by atoms with E-state index in [0.29, 0.717) is 23.7 Å². The fraction of sp³-hybridized carbons (Fsp3) is 0.682. The van der Waals surface area contributed by atoms with Crippen LogP contribution in [0.5, 0.6) is 0 Å². The van der Waals surface area contributed by atoms with Crippen molar-refractivity contribution >= 4 is 11.8 Å². The van der Waals surface area contributed by atoms with E-state index in [1.165, 1.54) is 6.07 Å². The summed E-state index contributed by atoms with van der Waals surface area (Å²) in [6, 6.07) is 4.95. The number of rotatable bonds is 4. The van der Waals surface area contributed by atoms with E-state index in [0.717, 1.165) is 58.7 Å². The van der Waals surface area contributed by atoms with Crippen molar-refractivity contribution in [1.29, 1.82) is 0 Å². The van der Waals surface area contributed by atoms with Gasteiger partial charge in [-0.3, -0.25) is 4.90 Å². The van der Waals surface area contributed by atoms with Gasteiger partial charge in [0, 0.05) is 63.6 Å². The van der Waals surface area contributed by atoms with Crippen molar-refractivity contribution in [3.8, 4) is 0 Å². The van der Waals surface area contributed by atoms with Crippen LogP contribution in [0, 0.1) is 11.7 Å². The molecule has 2 saturated heterocycles. The summed E-state index contributed by atoms with van der Waals surface area (Å²) < 4.78 is 19.5. The summed E-state index contributed by atoms with van der Waals surface area (Å²) in [5.41, 5.74) is 6.37. The molecular weight excluding hydrogens is 371 g/mol. The number of benzene rings is 1. The van der Waals surface area contributed by atoms with Crippen LogP contribution < -0.4 is 5.73 Å². The second kappa shape index (κ2) is 9.30. The average Bonchev–Trinajstić information content (AvgIpc) is 2.65. The number of likely N-dealkylation sites (tertiary alicyclic amines) is 1. The molecule has 2 fully saturated rings. The van der Waals surface area contributed by atoms with Gasteiger partial charge in [-0.1, -0.05) is 6.07 Å². The number of anilines is 1. The summed E-state index contributed by atoms with van der Waals surface area (Å²) in [6.07, 6.45) is 1.85. The smallest absolute Gasteiger partial charge is 0.410 e. The number of carbonyl (C=O) groups excluding carboxylic acids is 1. The van der Waals surface area contributed by atoms with Gasteiger partial charge < -0.3 is 20.3 Å². The number of piperazine rings is 1. The zero-order chi connectivity index (χ0) is 21.0. The van der Waals surface area contributed by atoms with Crippen molar-refractivity contribution in [2.24, 2.45) is 5.92 Å². The zero-order valence-electron chi connectivity index (χ0n) is 18.0. The highest BCUT2D eigenvalue weighted by Crippen LogP contribution is 2.22. The van der Waals surface area contributed by atoms with Crippen LogP contribution in [0.3, 0.4) is 0 Å². The van der Waals surface area contributed by atoms with Crippen molar-refractivity contribution in [3.63, 3.8) is 0 Å². The molecule has 0 bridgehead atoms. The van der Waals surface area contributed by atoms with Gasteiger partial charge in [0.05, 0.1) is 0 Å². The third-order valence-corrected chi connectivity index (χ3v) is 5.72. The molecule has 0 radical (unpaired) electrons. The zero-order valence-corrected chi connectivity index (χ0v) is 18.0. The molecular formula is C22H35FN4O2. The van der Waals surface area contributed by atoms with Crippen LogP contribution in [0.4, 0.5) is 14.9 Å². The van der Waals surface area contributed by atoms with Gasteiger partial charge in [-0.2, -0.15) is 0 Å². The molecule has 2 aliphatic heterocycles. The summed E-state index contributed by atoms with van der Waals surface area (Å²) >= 11 is 0. The normalized spacial score (nSPS) is 20.1. The SMILES string of the molecule is CC(C)(C)OC(=O)N1CCC(CN2CCN(Cc3ccc(N)cc3F)CC2)CC1. The fourth-order valence-corrected chi connectivity index (χ4v) is 4.05. The van der Waals surface area contributed by atoms with Crippen LogP contribution >= 0.6 is 0 Å². The molecule has 0 aliphatic carbocycles. The van der Waals surface area contributed by atoms with E-state index in [2.05, 4.69) is 9.80 Å². The number of nitrogens with zero attached hydrogens (tertiary/aromatic N) is 3. The molecule has 0 saturated carbocycles. The van der Waals surface area contributed by atoms with Gasteiger partial charge in [0.2, 0.25) is 0 Å². The second-order valence-corrected chi connectivity index (χ2v) is 9.34. The van der Waals surface area contributed by atoms with Crippen LogP contribution in [0.15, 0.2) is 18.2 Å². The number of piperidine rings is 1. The van der Waals surface area contributed by atoms with Gasteiger partial charge in [-0.15, -0.1) is 0 Å². The third kappa shape index (κ3) is 6.57. The summed E-state index contributed by atoms with van der Waals surface area (Å²) in [4.78, 5) is 18.8. The average molecular weight is 407 g/mol. The molecule has 6 nitrogen and oxygen atoms in total. The van der Waals surface area contributed by atoms with Gasteiger partial charge in [-0.25, -0.2) is 9.18 Å². The molecule has 2 heterocycles. The number of amides is 1. The monoisotopic (exact) mass is 406 g/mol. The largest absolute Gasteiger partial charge is 0.444 e. The Morgan fingerprint density at radius 3 is 2.31 bits per heavy atom. The Bertz CT molecular complexity index is 691. The van der Waals surface area contributed by atoms with Crippen LogP contribution in [-0.2, 0) is 11.3 Å². The third-order valence-electron chi connectivity index (χ3n) is 5.72. The first-order chi connectivity index (χ1) is 13.7. The first-order valence-corrected chi connectivity index (χ1v) is 10.7. The van der Waals surface area contributed by atoms with Gasteiger partial charge in [0.1, 0.15) is 11.4 Å². The van der Waals surface area contributed by atoms with Gasteiger partial charge in [0.25, 0.3) is 0 Å². The van der Waals surface area contributed by atoms with Crippen molar-refractivity contribution in [3.05, 3.63) is 29.6 Å². The van der Waals surface area contributed by atoms with E-state index in [1.54, 1.807) is 12.1 Å². The quantitative estimate of drug-likeness (QED) is 0.778. The number of nitrogens with two attached hydrogens (primary N) is 1. The molecule has 3 rings (SSSR count). The maximum atomic E-state index is 14.0. The fourth-order valence-electron chi connectivity index (χ4n) is 4.05. The molecule has 1 aromatic rings. The maximum absolute atomic E-state index is 14.0. The lowest BCUT2D eigenvalue weighted by atomic mass is 9.96. The lowest BCUT2D eigenvalue weighted by Gasteiger charge is -2.39. The standard InChI is InChI=1S/C22H35FN4O2/c1-22(2,3)29-21(28)27-8-6-17(7-9-27)15-25-10-12-26(13-11-25)16-18-4-5-19(24)14-20(18)23/h4-5,14,17H,6-13,15-16,24H2,1-3H3. The Kier molecular flexibility index (Phi) is 7.01. The highest BCUT2D eigenvalue weighted by Gasteiger charge is 2.28. The molecule has 29 heavy (non-hydrogen) atoms. The molecule has 0 unspecified atom stereocenters. The molecule has 1 aromatic carbocycles.